The number of carbonyl (C=O) groups excluding carboxylic acids is 1. The summed E-state index contributed by atoms with van der Waals surface area (Å²) in [5.41, 5.74) is 1.55. The molecule has 0 N–H and O–H groups in total. The molecule has 0 aliphatic heterocycles. The van der Waals surface area contributed by atoms with Crippen LogP contribution in [0.4, 0.5) is 0 Å². The molecule has 0 saturated carbocycles. The molecule has 0 aliphatic rings. The molecule has 0 saturated heterocycles. The Morgan fingerprint density at radius 3 is 2.08 bits per heavy atom. The van der Waals surface area contributed by atoms with Gasteiger partial charge in [0.1, 0.15) is 0 Å². The van der Waals surface area contributed by atoms with Crippen molar-refractivity contribution in [3.05, 3.63) is 65.7 Å². The van der Waals surface area contributed by atoms with Gasteiger partial charge in [0.05, 0.1) is 4.90 Å². The second kappa shape index (κ2) is 8.47. The van der Waals surface area contributed by atoms with Crippen LogP contribution < -0.4 is 0 Å². The largest absolute Gasteiger partial charge is 0.332 e. The van der Waals surface area contributed by atoms with E-state index in [1.807, 2.05) is 49.1 Å². The SMILES string of the molecule is CCC(C)N(Cc1ccccc1)C(=O)c1ccc(S(=O)(=O)N(C)C)cc1. The normalized spacial score (nSPS) is 12.8. The summed E-state index contributed by atoms with van der Waals surface area (Å²) in [5.74, 6) is -0.1000. The van der Waals surface area contributed by atoms with Gasteiger partial charge < -0.3 is 4.90 Å². The Balaban J connectivity index is 2.28. The van der Waals surface area contributed by atoms with Crippen molar-refractivity contribution in [1.29, 1.82) is 0 Å². The van der Waals surface area contributed by atoms with E-state index in [0.717, 1.165) is 16.3 Å². The van der Waals surface area contributed by atoms with Gasteiger partial charge in [-0.05, 0) is 43.2 Å². The summed E-state index contributed by atoms with van der Waals surface area (Å²) in [6.07, 6.45) is 0.839. The third-order valence-corrected chi connectivity index (χ3v) is 6.29. The van der Waals surface area contributed by atoms with Gasteiger partial charge >= 0.3 is 0 Å². The molecular formula is C20H26N2O3S. The Hall–Kier alpha value is -2.18. The number of sulfonamides is 1. The fourth-order valence-electron chi connectivity index (χ4n) is 2.57. The number of carbonyl (C=O) groups is 1. The first-order valence-electron chi connectivity index (χ1n) is 8.64. The first-order valence-corrected chi connectivity index (χ1v) is 10.1. The van der Waals surface area contributed by atoms with Gasteiger partial charge in [-0.1, -0.05) is 37.3 Å². The fraction of sp³-hybridized carbons (Fsp3) is 0.350. The van der Waals surface area contributed by atoms with E-state index in [1.165, 1.54) is 26.2 Å². The van der Waals surface area contributed by atoms with Crippen LogP contribution in [0.25, 0.3) is 0 Å². The fourth-order valence-corrected chi connectivity index (χ4v) is 3.48. The molecule has 26 heavy (non-hydrogen) atoms. The zero-order chi connectivity index (χ0) is 19.3. The molecular weight excluding hydrogens is 348 g/mol. The number of rotatable bonds is 7. The van der Waals surface area contributed by atoms with Crippen LogP contribution in [0.3, 0.4) is 0 Å². The molecule has 2 aromatic rings. The van der Waals surface area contributed by atoms with Crippen molar-refractivity contribution >= 4 is 15.9 Å². The maximum atomic E-state index is 13.0. The molecule has 2 aromatic carbocycles. The van der Waals surface area contributed by atoms with E-state index >= 15 is 0 Å². The Bertz CT molecular complexity index is 831. The minimum Gasteiger partial charge on any atom is -0.332 e. The number of nitrogens with zero attached hydrogens (tertiary/aromatic N) is 2. The molecule has 0 bridgehead atoms. The lowest BCUT2D eigenvalue weighted by Gasteiger charge is -2.29. The summed E-state index contributed by atoms with van der Waals surface area (Å²) in [4.78, 5) is 15.0. The molecule has 1 unspecified atom stereocenters. The predicted molar refractivity (Wildman–Crippen MR) is 103 cm³/mol. The lowest BCUT2D eigenvalue weighted by atomic mass is 10.1. The van der Waals surface area contributed by atoms with Crippen molar-refractivity contribution < 1.29 is 13.2 Å². The van der Waals surface area contributed by atoms with Crippen molar-refractivity contribution in [2.24, 2.45) is 0 Å². The maximum Gasteiger partial charge on any atom is 0.254 e. The van der Waals surface area contributed by atoms with Gasteiger partial charge in [-0.25, -0.2) is 12.7 Å². The average molecular weight is 375 g/mol. The monoisotopic (exact) mass is 374 g/mol. The van der Waals surface area contributed by atoms with E-state index in [4.69, 9.17) is 0 Å². The third kappa shape index (κ3) is 4.51. The van der Waals surface area contributed by atoms with Crippen molar-refractivity contribution in [3.8, 4) is 0 Å². The summed E-state index contributed by atoms with van der Waals surface area (Å²) in [6.45, 7) is 4.58. The van der Waals surface area contributed by atoms with E-state index in [0.29, 0.717) is 12.1 Å². The minimum atomic E-state index is -3.50. The van der Waals surface area contributed by atoms with Gasteiger partial charge in [0.15, 0.2) is 0 Å². The molecule has 0 aliphatic carbocycles. The van der Waals surface area contributed by atoms with Crippen molar-refractivity contribution in [3.63, 3.8) is 0 Å². The van der Waals surface area contributed by atoms with Gasteiger partial charge in [-0.3, -0.25) is 4.79 Å². The van der Waals surface area contributed by atoms with E-state index in [9.17, 15) is 13.2 Å². The van der Waals surface area contributed by atoms with Gasteiger partial charge in [0.2, 0.25) is 10.0 Å². The smallest absolute Gasteiger partial charge is 0.254 e. The quantitative estimate of drug-likeness (QED) is 0.746. The number of benzene rings is 2. The zero-order valence-corrected chi connectivity index (χ0v) is 16.5. The molecule has 140 valence electrons. The molecule has 2 rings (SSSR count). The highest BCUT2D eigenvalue weighted by atomic mass is 32.2. The van der Waals surface area contributed by atoms with E-state index in [2.05, 4.69) is 0 Å². The van der Waals surface area contributed by atoms with Gasteiger partial charge in [-0.2, -0.15) is 0 Å². The summed E-state index contributed by atoms with van der Waals surface area (Å²) >= 11 is 0. The van der Waals surface area contributed by atoms with Crippen LogP contribution in [0.15, 0.2) is 59.5 Å². The van der Waals surface area contributed by atoms with Crippen LogP contribution in [-0.4, -0.2) is 43.7 Å². The Morgan fingerprint density at radius 2 is 1.58 bits per heavy atom. The highest BCUT2D eigenvalue weighted by Crippen LogP contribution is 2.18. The molecule has 5 nitrogen and oxygen atoms in total. The summed E-state index contributed by atoms with van der Waals surface area (Å²) in [6, 6.07) is 16.1. The highest BCUT2D eigenvalue weighted by molar-refractivity contribution is 7.89. The minimum absolute atomic E-state index is 0.0768. The number of hydrogen-bond donors (Lipinski definition) is 0. The summed E-state index contributed by atoms with van der Waals surface area (Å²) < 4.78 is 25.5. The van der Waals surface area contributed by atoms with Gasteiger partial charge in [0.25, 0.3) is 5.91 Å². The van der Waals surface area contributed by atoms with Crippen molar-refractivity contribution in [2.45, 2.75) is 37.8 Å². The van der Waals surface area contributed by atoms with Gasteiger partial charge in [-0.15, -0.1) is 0 Å². The molecule has 0 spiro atoms. The first-order chi connectivity index (χ1) is 12.3. The second-order valence-electron chi connectivity index (χ2n) is 6.49. The third-order valence-electron chi connectivity index (χ3n) is 4.46. The molecule has 0 fully saturated rings. The van der Waals surface area contributed by atoms with Crippen LogP contribution >= 0.6 is 0 Å². The second-order valence-corrected chi connectivity index (χ2v) is 8.64. The van der Waals surface area contributed by atoms with E-state index in [1.54, 1.807) is 12.1 Å². The molecule has 0 aromatic heterocycles. The first kappa shape index (κ1) is 20.1. The molecule has 6 heteroatoms. The Morgan fingerprint density at radius 1 is 1.00 bits per heavy atom. The van der Waals surface area contributed by atoms with Crippen LogP contribution in [0.2, 0.25) is 0 Å². The number of hydrogen-bond acceptors (Lipinski definition) is 3. The maximum absolute atomic E-state index is 13.0. The Kier molecular flexibility index (Phi) is 6.56. The standard InChI is InChI=1S/C20H26N2O3S/c1-5-16(2)22(15-17-9-7-6-8-10-17)20(23)18-11-13-19(14-12-18)26(24,25)21(3)4/h6-14,16H,5,15H2,1-4H3. The van der Waals surface area contributed by atoms with Crippen LogP contribution in [0, 0.1) is 0 Å². The van der Waals surface area contributed by atoms with Crippen molar-refractivity contribution in [1.82, 2.24) is 9.21 Å². The zero-order valence-electron chi connectivity index (χ0n) is 15.7. The van der Waals surface area contributed by atoms with E-state index < -0.39 is 10.0 Å². The predicted octanol–water partition coefficient (Wildman–Crippen LogP) is 3.38. The summed E-state index contributed by atoms with van der Waals surface area (Å²) in [5, 5.41) is 0. The average Bonchev–Trinajstić information content (AvgIpc) is 2.65. The topological polar surface area (TPSA) is 57.7 Å². The number of amides is 1. The molecule has 1 amide bonds. The van der Waals surface area contributed by atoms with Crippen molar-refractivity contribution in [2.75, 3.05) is 14.1 Å². The summed E-state index contributed by atoms with van der Waals surface area (Å²) in [7, 11) is -0.531. The van der Waals surface area contributed by atoms with Crippen LogP contribution in [-0.2, 0) is 16.6 Å². The van der Waals surface area contributed by atoms with Crippen LogP contribution in [0.5, 0.6) is 0 Å². The highest BCUT2D eigenvalue weighted by Gasteiger charge is 2.22. The molecule has 0 heterocycles. The molecule has 0 radical (unpaired) electrons. The van der Waals surface area contributed by atoms with Crippen LogP contribution in [0.1, 0.15) is 36.2 Å². The van der Waals surface area contributed by atoms with E-state index in [-0.39, 0.29) is 16.8 Å². The lowest BCUT2D eigenvalue weighted by Crippen LogP contribution is -2.37. The van der Waals surface area contributed by atoms with Gasteiger partial charge in [0, 0.05) is 32.2 Å². The molecule has 1 atom stereocenters. The lowest BCUT2D eigenvalue weighted by molar-refractivity contribution is 0.0671. The Labute approximate surface area is 156 Å².